The molecule has 1 fully saturated rings. The second kappa shape index (κ2) is 5.70. The largest absolute Gasteiger partial charge is 0.310 e. The summed E-state index contributed by atoms with van der Waals surface area (Å²) in [6, 6.07) is 11.2. The number of pyridine rings is 1. The van der Waals surface area contributed by atoms with Gasteiger partial charge >= 0.3 is 0 Å². The van der Waals surface area contributed by atoms with Crippen LogP contribution in [0.4, 0.5) is 0 Å². The monoisotopic (exact) mass is 254 g/mol. The molecule has 0 spiro atoms. The Morgan fingerprint density at radius 2 is 1.89 bits per heavy atom. The van der Waals surface area contributed by atoms with Crippen LogP contribution in [0.3, 0.4) is 0 Å². The molecule has 2 aromatic rings. The quantitative estimate of drug-likeness (QED) is 0.898. The smallest absolute Gasteiger partial charge is 0.0705 e. The van der Waals surface area contributed by atoms with E-state index >= 15 is 0 Å². The van der Waals surface area contributed by atoms with Crippen LogP contribution in [0.2, 0.25) is 0 Å². The minimum atomic E-state index is 0.697. The van der Waals surface area contributed by atoms with Gasteiger partial charge in [0.25, 0.3) is 0 Å². The molecule has 1 N–H and O–H groups in total. The van der Waals surface area contributed by atoms with E-state index in [1.54, 1.807) is 0 Å². The molecule has 1 aliphatic rings. The molecule has 0 aliphatic heterocycles. The summed E-state index contributed by atoms with van der Waals surface area (Å²) in [7, 11) is 0. The fraction of sp³-hybridized carbons (Fsp3) is 0.471. The summed E-state index contributed by atoms with van der Waals surface area (Å²) in [6.07, 6.45) is 7.31. The average Bonchev–Trinajstić information content (AvgIpc) is 2.47. The summed E-state index contributed by atoms with van der Waals surface area (Å²) in [5, 5.41) is 5.00. The fourth-order valence-electron chi connectivity index (χ4n) is 3.03. The zero-order valence-electron chi connectivity index (χ0n) is 11.6. The van der Waals surface area contributed by atoms with Crippen LogP contribution in [0.15, 0.2) is 36.5 Å². The van der Waals surface area contributed by atoms with Crippen LogP contribution in [0, 0.1) is 5.92 Å². The van der Waals surface area contributed by atoms with E-state index in [4.69, 9.17) is 0 Å². The first-order chi connectivity index (χ1) is 9.33. The van der Waals surface area contributed by atoms with Crippen molar-refractivity contribution in [2.45, 2.75) is 45.2 Å². The van der Waals surface area contributed by atoms with Gasteiger partial charge in [0.1, 0.15) is 0 Å². The first kappa shape index (κ1) is 12.6. The molecular formula is C17H22N2. The summed E-state index contributed by atoms with van der Waals surface area (Å²) in [5.41, 5.74) is 2.46. The summed E-state index contributed by atoms with van der Waals surface area (Å²) in [4.78, 5) is 4.42. The van der Waals surface area contributed by atoms with Gasteiger partial charge in [-0.1, -0.05) is 25.1 Å². The Labute approximate surface area is 115 Å². The van der Waals surface area contributed by atoms with Crippen LogP contribution in [0.5, 0.6) is 0 Å². The molecule has 0 unspecified atom stereocenters. The lowest BCUT2D eigenvalue weighted by Crippen LogP contribution is -2.32. The van der Waals surface area contributed by atoms with Gasteiger partial charge in [-0.2, -0.15) is 0 Å². The molecule has 0 radical (unpaired) electrons. The van der Waals surface area contributed by atoms with Gasteiger partial charge < -0.3 is 5.32 Å². The first-order valence-electron chi connectivity index (χ1n) is 7.39. The third-order valence-electron chi connectivity index (χ3n) is 4.34. The zero-order valence-corrected chi connectivity index (χ0v) is 11.6. The SMILES string of the molecule is CC1CCC(NCc2ccnc3ccccc23)CC1. The van der Waals surface area contributed by atoms with Crippen LogP contribution < -0.4 is 5.32 Å². The van der Waals surface area contributed by atoms with Gasteiger partial charge in [0.05, 0.1) is 5.52 Å². The predicted molar refractivity (Wildman–Crippen MR) is 80.0 cm³/mol. The van der Waals surface area contributed by atoms with E-state index in [0.29, 0.717) is 6.04 Å². The lowest BCUT2D eigenvalue weighted by molar-refractivity contribution is 0.307. The molecule has 0 amide bonds. The van der Waals surface area contributed by atoms with Gasteiger partial charge in [0.2, 0.25) is 0 Å². The first-order valence-corrected chi connectivity index (χ1v) is 7.39. The summed E-state index contributed by atoms with van der Waals surface area (Å²) >= 11 is 0. The number of hydrogen-bond donors (Lipinski definition) is 1. The van der Waals surface area contributed by atoms with Gasteiger partial charge in [-0.15, -0.1) is 0 Å². The Bertz CT molecular complexity index is 536. The molecular weight excluding hydrogens is 232 g/mol. The van der Waals surface area contributed by atoms with Crippen LogP contribution in [-0.2, 0) is 6.54 Å². The van der Waals surface area contributed by atoms with E-state index in [9.17, 15) is 0 Å². The third kappa shape index (κ3) is 2.95. The van der Waals surface area contributed by atoms with Gasteiger partial charge in [0, 0.05) is 24.2 Å². The van der Waals surface area contributed by atoms with Crippen molar-refractivity contribution in [2.24, 2.45) is 5.92 Å². The summed E-state index contributed by atoms with van der Waals surface area (Å²) in [5.74, 6) is 0.916. The Hall–Kier alpha value is -1.41. The van der Waals surface area contributed by atoms with Crippen molar-refractivity contribution < 1.29 is 0 Å². The molecule has 100 valence electrons. The van der Waals surface area contributed by atoms with Gasteiger partial charge in [-0.25, -0.2) is 0 Å². The standard InChI is InChI=1S/C17H22N2/c1-13-6-8-15(9-7-13)19-12-14-10-11-18-17-5-3-2-4-16(14)17/h2-5,10-11,13,15,19H,6-9,12H2,1H3. The number of benzene rings is 1. The molecule has 2 heteroatoms. The van der Waals surface area contributed by atoms with Gasteiger partial charge in [0.15, 0.2) is 0 Å². The van der Waals surface area contributed by atoms with E-state index in [1.807, 2.05) is 6.20 Å². The van der Waals surface area contributed by atoms with Gasteiger partial charge in [-0.05, 0) is 49.3 Å². The maximum absolute atomic E-state index is 4.42. The fourth-order valence-corrected chi connectivity index (χ4v) is 3.03. The van der Waals surface area contributed by atoms with Crippen LogP contribution in [0.1, 0.15) is 38.2 Å². The maximum atomic E-state index is 4.42. The van der Waals surface area contributed by atoms with Crippen molar-refractivity contribution in [3.05, 3.63) is 42.1 Å². The molecule has 1 aliphatic carbocycles. The van der Waals surface area contributed by atoms with Crippen LogP contribution >= 0.6 is 0 Å². The minimum Gasteiger partial charge on any atom is -0.310 e. The van der Waals surface area contributed by atoms with Crippen LogP contribution in [0.25, 0.3) is 10.9 Å². The Morgan fingerprint density at radius 3 is 2.74 bits per heavy atom. The number of nitrogens with zero attached hydrogens (tertiary/aromatic N) is 1. The second-order valence-electron chi connectivity index (χ2n) is 5.82. The Morgan fingerprint density at radius 1 is 1.11 bits per heavy atom. The van der Waals surface area contributed by atoms with E-state index in [2.05, 4.69) is 47.6 Å². The Kier molecular flexibility index (Phi) is 3.79. The highest BCUT2D eigenvalue weighted by Gasteiger charge is 2.17. The highest BCUT2D eigenvalue weighted by molar-refractivity contribution is 5.81. The number of hydrogen-bond acceptors (Lipinski definition) is 2. The van der Waals surface area contributed by atoms with E-state index in [-0.39, 0.29) is 0 Å². The molecule has 1 aromatic carbocycles. The topological polar surface area (TPSA) is 24.9 Å². The normalized spacial score (nSPS) is 23.6. The van der Waals surface area contributed by atoms with Crippen molar-refractivity contribution in [3.8, 4) is 0 Å². The van der Waals surface area contributed by atoms with E-state index in [0.717, 1.165) is 18.0 Å². The molecule has 0 atom stereocenters. The van der Waals surface area contributed by atoms with Crippen molar-refractivity contribution >= 4 is 10.9 Å². The van der Waals surface area contributed by atoms with Crippen molar-refractivity contribution in [1.29, 1.82) is 0 Å². The van der Waals surface area contributed by atoms with Crippen molar-refractivity contribution in [1.82, 2.24) is 10.3 Å². The predicted octanol–water partition coefficient (Wildman–Crippen LogP) is 3.90. The minimum absolute atomic E-state index is 0.697. The molecule has 1 saturated carbocycles. The number of fused-ring (bicyclic) bond motifs is 1. The highest BCUT2D eigenvalue weighted by atomic mass is 14.9. The molecule has 1 heterocycles. The average molecular weight is 254 g/mol. The number of para-hydroxylation sites is 1. The number of nitrogens with one attached hydrogen (secondary N) is 1. The zero-order chi connectivity index (χ0) is 13.1. The summed E-state index contributed by atoms with van der Waals surface area (Å²) in [6.45, 7) is 3.33. The second-order valence-corrected chi connectivity index (χ2v) is 5.82. The molecule has 0 bridgehead atoms. The molecule has 19 heavy (non-hydrogen) atoms. The van der Waals surface area contributed by atoms with Crippen molar-refractivity contribution in [2.75, 3.05) is 0 Å². The molecule has 3 rings (SSSR count). The van der Waals surface area contributed by atoms with Gasteiger partial charge in [-0.3, -0.25) is 4.98 Å². The lowest BCUT2D eigenvalue weighted by Gasteiger charge is -2.27. The third-order valence-corrected chi connectivity index (χ3v) is 4.34. The summed E-state index contributed by atoms with van der Waals surface area (Å²) < 4.78 is 0. The van der Waals surface area contributed by atoms with Crippen molar-refractivity contribution in [3.63, 3.8) is 0 Å². The van der Waals surface area contributed by atoms with Crippen LogP contribution in [-0.4, -0.2) is 11.0 Å². The lowest BCUT2D eigenvalue weighted by atomic mass is 9.87. The molecule has 1 aromatic heterocycles. The van der Waals surface area contributed by atoms with E-state index in [1.165, 1.54) is 36.6 Å². The number of rotatable bonds is 3. The highest BCUT2D eigenvalue weighted by Crippen LogP contribution is 2.24. The number of aromatic nitrogens is 1. The molecule has 0 saturated heterocycles. The van der Waals surface area contributed by atoms with E-state index < -0.39 is 0 Å². The Balaban J connectivity index is 1.68. The maximum Gasteiger partial charge on any atom is 0.0705 e. The molecule has 2 nitrogen and oxygen atoms in total.